The molecule has 1 N–H and O–H groups in total. The topological polar surface area (TPSA) is 70.6 Å². The molecule has 0 aromatic carbocycles. The van der Waals surface area contributed by atoms with Crippen molar-refractivity contribution in [3.63, 3.8) is 0 Å². The van der Waals surface area contributed by atoms with Crippen LogP contribution in [0.25, 0.3) is 0 Å². The van der Waals surface area contributed by atoms with Gasteiger partial charge in [0.1, 0.15) is 0 Å². The number of hydrogen-bond donors (Lipinski definition) is 1. The van der Waals surface area contributed by atoms with Crippen LogP contribution in [0.1, 0.15) is 37.7 Å². The maximum atomic E-state index is 11.9. The van der Waals surface area contributed by atoms with Crippen LogP contribution in [0.5, 0.6) is 0 Å². The lowest BCUT2D eigenvalue weighted by molar-refractivity contribution is -0.126. The van der Waals surface area contributed by atoms with Crippen LogP contribution in [0.3, 0.4) is 0 Å². The first-order valence-corrected chi connectivity index (χ1v) is 9.75. The molecule has 3 fully saturated rings. The Kier molecular flexibility index (Phi) is 5.09. The predicted molar refractivity (Wildman–Crippen MR) is 98.7 cm³/mol. The molecule has 3 aliphatic rings. The van der Waals surface area contributed by atoms with Gasteiger partial charge in [0.25, 0.3) is 0 Å². The fourth-order valence-corrected chi connectivity index (χ4v) is 4.42. The number of nitrogens with zero attached hydrogens (tertiary/aromatic N) is 4. The molecule has 7 heteroatoms. The molecule has 4 rings (SSSR count). The number of nitrogens with one attached hydrogen (secondary N) is 1. The smallest absolute Gasteiger partial charge is 0.222 e. The summed E-state index contributed by atoms with van der Waals surface area (Å²) in [4.78, 5) is 25.1. The molecule has 1 aromatic rings. The molecule has 7 nitrogen and oxygen atoms in total. The third-order valence-corrected chi connectivity index (χ3v) is 6.06. The van der Waals surface area contributed by atoms with Gasteiger partial charge in [0.2, 0.25) is 11.9 Å². The molecule has 3 saturated heterocycles. The number of carbonyl (C=O) groups is 1. The van der Waals surface area contributed by atoms with E-state index in [9.17, 15) is 4.79 Å². The summed E-state index contributed by atoms with van der Waals surface area (Å²) in [5.74, 6) is 0.979. The highest BCUT2D eigenvalue weighted by molar-refractivity contribution is 5.79. The molecule has 26 heavy (non-hydrogen) atoms. The predicted octanol–water partition coefficient (Wildman–Crippen LogP) is 1.51. The summed E-state index contributed by atoms with van der Waals surface area (Å²) >= 11 is 0. The van der Waals surface area contributed by atoms with Gasteiger partial charge in [0.15, 0.2) is 0 Å². The van der Waals surface area contributed by atoms with Crippen molar-refractivity contribution in [3.8, 4) is 0 Å². The summed E-state index contributed by atoms with van der Waals surface area (Å²) in [6, 6.07) is 0. The van der Waals surface area contributed by atoms with Crippen molar-refractivity contribution in [3.05, 3.63) is 18.0 Å². The lowest BCUT2D eigenvalue weighted by Gasteiger charge is -2.38. The summed E-state index contributed by atoms with van der Waals surface area (Å²) in [5.41, 5.74) is 1.36. The number of carbonyl (C=O) groups excluding carboxylic acids is 1. The molecule has 1 atom stereocenters. The first-order chi connectivity index (χ1) is 12.6. The third-order valence-electron chi connectivity index (χ3n) is 6.06. The number of rotatable bonds is 5. The van der Waals surface area contributed by atoms with E-state index in [2.05, 4.69) is 20.2 Å². The number of likely N-dealkylation sites (tertiary alicyclic amines) is 2. The van der Waals surface area contributed by atoms with E-state index >= 15 is 0 Å². The minimum absolute atomic E-state index is 0.217. The Morgan fingerprint density at radius 2 is 2.08 bits per heavy atom. The highest BCUT2D eigenvalue weighted by Crippen LogP contribution is 2.40. The zero-order chi connectivity index (χ0) is 18.0. The normalized spacial score (nSPS) is 26.0. The van der Waals surface area contributed by atoms with Gasteiger partial charge in [-0.1, -0.05) is 0 Å². The van der Waals surface area contributed by atoms with Crippen LogP contribution in [0.4, 0.5) is 5.95 Å². The quantitative estimate of drug-likeness (QED) is 0.859. The highest BCUT2D eigenvalue weighted by Gasteiger charge is 2.43. The van der Waals surface area contributed by atoms with Crippen molar-refractivity contribution < 1.29 is 9.53 Å². The highest BCUT2D eigenvalue weighted by atomic mass is 16.5. The van der Waals surface area contributed by atoms with E-state index in [1.165, 1.54) is 0 Å². The first-order valence-electron chi connectivity index (χ1n) is 9.75. The SMILES string of the molecule is CN1CC2(CCN(Cc3cnc(NC[C@H]4CCCO4)nc3)CC2)CC1=O. The molecule has 0 saturated carbocycles. The van der Waals surface area contributed by atoms with Crippen LogP contribution in [-0.4, -0.2) is 71.6 Å². The summed E-state index contributed by atoms with van der Waals surface area (Å²) in [6.45, 7) is 5.54. The molecule has 0 aliphatic carbocycles. The maximum Gasteiger partial charge on any atom is 0.222 e. The van der Waals surface area contributed by atoms with Crippen LogP contribution in [0, 0.1) is 5.41 Å². The minimum Gasteiger partial charge on any atom is -0.376 e. The molecule has 1 aromatic heterocycles. The second-order valence-electron chi connectivity index (χ2n) is 8.13. The fourth-order valence-electron chi connectivity index (χ4n) is 4.42. The van der Waals surface area contributed by atoms with Crippen LogP contribution >= 0.6 is 0 Å². The van der Waals surface area contributed by atoms with Gasteiger partial charge in [-0.2, -0.15) is 0 Å². The Morgan fingerprint density at radius 3 is 2.69 bits per heavy atom. The molecule has 142 valence electrons. The second kappa shape index (κ2) is 7.48. The number of aromatic nitrogens is 2. The van der Waals surface area contributed by atoms with Gasteiger partial charge >= 0.3 is 0 Å². The molecule has 0 radical (unpaired) electrons. The van der Waals surface area contributed by atoms with Crippen LogP contribution in [-0.2, 0) is 16.1 Å². The van der Waals surface area contributed by atoms with E-state index in [-0.39, 0.29) is 5.41 Å². The number of hydrogen-bond acceptors (Lipinski definition) is 6. The van der Waals surface area contributed by atoms with Gasteiger partial charge in [-0.3, -0.25) is 9.69 Å². The van der Waals surface area contributed by atoms with Gasteiger partial charge in [0, 0.05) is 57.7 Å². The zero-order valence-corrected chi connectivity index (χ0v) is 15.6. The number of piperidine rings is 1. The average Bonchev–Trinajstić information content (AvgIpc) is 3.25. The summed E-state index contributed by atoms with van der Waals surface area (Å²) in [6.07, 6.45) is 9.32. The summed E-state index contributed by atoms with van der Waals surface area (Å²) < 4.78 is 5.60. The number of anilines is 1. The lowest BCUT2D eigenvalue weighted by Crippen LogP contribution is -2.40. The summed E-state index contributed by atoms with van der Waals surface area (Å²) in [7, 11) is 1.93. The monoisotopic (exact) mass is 359 g/mol. The fraction of sp³-hybridized carbons (Fsp3) is 0.737. The van der Waals surface area contributed by atoms with Crippen molar-refractivity contribution in [2.24, 2.45) is 5.41 Å². The number of ether oxygens (including phenoxy) is 1. The van der Waals surface area contributed by atoms with Crippen molar-refractivity contribution in [2.75, 3.05) is 45.2 Å². The van der Waals surface area contributed by atoms with Crippen molar-refractivity contribution in [2.45, 2.75) is 44.8 Å². The van der Waals surface area contributed by atoms with Gasteiger partial charge in [-0.25, -0.2) is 9.97 Å². The molecular formula is C19H29N5O2. The largest absolute Gasteiger partial charge is 0.376 e. The molecule has 0 bridgehead atoms. The standard InChI is InChI=1S/C19H29N5O2/c1-23-14-19(9-17(23)25)4-6-24(7-5-19)13-15-10-20-18(21-11-15)22-12-16-3-2-8-26-16/h10-11,16H,2-9,12-14H2,1H3,(H,20,21,22)/t16-/m1/s1. The lowest BCUT2D eigenvalue weighted by atomic mass is 9.77. The van der Waals surface area contributed by atoms with Crippen LogP contribution in [0.2, 0.25) is 0 Å². The van der Waals surface area contributed by atoms with Crippen LogP contribution in [0.15, 0.2) is 12.4 Å². The van der Waals surface area contributed by atoms with Gasteiger partial charge in [0.05, 0.1) is 6.10 Å². The minimum atomic E-state index is 0.217. The van der Waals surface area contributed by atoms with Gasteiger partial charge < -0.3 is 15.0 Å². The Balaban J connectivity index is 1.24. The Morgan fingerprint density at radius 1 is 1.31 bits per heavy atom. The van der Waals surface area contributed by atoms with Crippen molar-refractivity contribution in [1.82, 2.24) is 19.8 Å². The third kappa shape index (κ3) is 3.99. The van der Waals surface area contributed by atoms with Gasteiger partial charge in [-0.05, 0) is 44.2 Å². The average molecular weight is 359 g/mol. The first kappa shape index (κ1) is 17.7. The summed E-state index contributed by atoms with van der Waals surface area (Å²) in [5, 5.41) is 3.26. The molecule has 0 unspecified atom stereocenters. The Hall–Kier alpha value is -1.73. The molecule has 1 amide bonds. The van der Waals surface area contributed by atoms with E-state index in [4.69, 9.17) is 4.74 Å². The van der Waals surface area contributed by atoms with E-state index in [0.717, 1.165) is 77.0 Å². The van der Waals surface area contributed by atoms with E-state index < -0.39 is 0 Å². The molecule has 4 heterocycles. The van der Waals surface area contributed by atoms with Crippen molar-refractivity contribution in [1.29, 1.82) is 0 Å². The second-order valence-corrected chi connectivity index (χ2v) is 8.13. The van der Waals surface area contributed by atoms with Gasteiger partial charge in [-0.15, -0.1) is 0 Å². The van der Waals surface area contributed by atoms with Crippen LogP contribution < -0.4 is 5.32 Å². The zero-order valence-electron chi connectivity index (χ0n) is 15.6. The molecular weight excluding hydrogens is 330 g/mol. The van der Waals surface area contributed by atoms with E-state index in [0.29, 0.717) is 18.0 Å². The van der Waals surface area contributed by atoms with E-state index in [1.807, 2.05) is 24.3 Å². The Bertz CT molecular complexity index is 621. The number of amides is 1. The molecule has 1 spiro atoms. The maximum absolute atomic E-state index is 11.9. The van der Waals surface area contributed by atoms with Crippen molar-refractivity contribution >= 4 is 11.9 Å². The molecule has 3 aliphatic heterocycles. The van der Waals surface area contributed by atoms with E-state index in [1.54, 1.807) is 0 Å². The Labute approximate surface area is 155 Å².